The number of thioether (sulfide) groups is 1. The molecule has 1 fully saturated rings. The van der Waals surface area contributed by atoms with Gasteiger partial charge in [0.2, 0.25) is 0 Å². The first kappa shape index (κ1) is 14.6. The van der Waals surface area contributed by atoms with E-state index in [1.54, 1.807) is 18.9 Å². The van der Waals surface area contributed by atoms with Gasteiger partial charge in [-0.15, -0.1) is 11.8 Å². The molecule has 4 nitrogen and oxygen atoms in total. The van der Waals surface area contributed by atoms with Crippen molar-refractivity contribution in [3.8, 4) is 0 Å². The van der Waals surface area contributed by atoms with Crippen molar-refractivity contribution in [2.75, 3.05) is 38.0 Å². The van der Waals surface area contributed by atoms with Crippen molar-refractivity contribution in [1.82, 2.24) is 4.98 Å². The Hall–Kier alpha value is -0.780. The first-order valence-electron chi connectivity index (χ1n) is 6.48. The van der Waals surface area contributed by atoms with E-state index in [1.807, 2.05) is 12.5 Å². The molecule has 106 valence electrons. The molecule has 1 aliphatic rings. The van der Waals surface area contributed by atoms with E-state index in [0.717, 1.165) is 30.4 Å². The van der Waals surface area contributed by atoms with Gasteiger partial charge in [-0.2, -0.15) is 0 Å². The number of nitrogens with zero attached hydrogens (tertiary/aromatic N) is 2. The van der Waals surface area contributed by atoms with Crippen LogP contribution in [0.3, 0.4) is 0 Å². The fourth-order valence-corrected chi connectivity index (χ4v) is 2.48. The third-order valence-electron chi connectivity index (χ3n) is 3.66. The summed E-state index contributed by atoms with van der Waals surface area (Å²) in [5.74, 6) is 0. The number of pyridine rings is 1. The molecule has 0 spiro atoms. The highest BCUT2D eigenvalue weighted by atomic mass is 32.2. The van der Waals surface area contributed by atoms with E-state index in [9.17, 15) is 0 Å². The lowest BCUT2D eigenvalue weighted by Crippen LogP contribution is -2.52. The van der Waals surface area contributed by atoms with Crippen LogP contribution in [0.1, 0.15) is 13.8 Å². The van der Waals surface area contributed by atoms with Gasteiger partial charge in [0.05, 0.1) is 29.1 Å². The highest BCUT2D eigenvalue weighted by Gasteiger charge is 2.34. The van der Waals surface area contributed by atoms with E-state index in [4.69, 9.17) is 9.47 Å². The molecule has 5 heteroatoms. The normalized spacial score (nSPS) is 20.6. The van der Waals surface area contributed by atoms with Gasteiger partial charge in [0.15, 0.2) is 0 Å². The minimum atomic E-state index is -0.273. The van der Waals surface area contributed by atoms with E-state index < -0.39 is 0 Å². The van der Waals surface area contributed by atoms with E-state index in [2.05, 4.69) is 35.9 Å². The van der Waals surface area contributed by atoms with E-state index in [1.165, 1.54) is 0 Å². The Morgan fingerprint density at radius 2 is 2.26 bits per heavy atom. The summed E-state index contributed by atoms with van der Waals surface area (Å²) in [6.07, 6.45) is 4.05. The maximum atomic E-state index is 5.84. The minimum Gasteiger partial charge on any atom is -0.376 e. The lowest BCUT2D eigenvalue weighted by molar-refractivity contribution is -0.113. The van der Waals surface area contributed by atoms with Crippen molar-refractivity contribution in [2.45, 2.75) is 30.6 Å². The Bertz CT molecular complexity index is 408. The molecule has 0 N–H and O–H groups in total. The van der Waals surface area contributed by atoms with E-state index in [-0.39, 0.29) is 11.7 Å². The second-order valence-electron chi connectivity index (χ2n) is 5.17. The third kappa shape index (κ3) is 3.41. The molecule has 0 radical (unpaired) electrons. The zero-order valence-electron chi connectivity index (χ0n) is 12.0. The number of methoxy groups -OCH3 is 1. The maximum Gasteiger partial charge on any atom is 0.103 e. The van der Waals surface area contributed by atoms with Crippen LogP contribution in [-0.4, -0.2) is 49.8 Å². The summed E-state index contributed by atoms with van der Waals surface area (Å²) < 4.78 is 11.4. The van der Waals surface area contributed by atoms with Gasteiger partial charge in [0, 0.05) is 20.2 Å². The number of morpholine rings is 1. The van der Waals surface area contributed by atoms with Gasteiger partial charge < -0.3 is 14.4 Å². The molecule has 0 amide bonds. The molecule has 1 atom stereocenters. The molecule has 2 heterocycles. The molecule has 19 heavy (non-hydrogen) atoms. The summed E-state index contributed by atoms with van der Waals surface area (Å²) in [7, 11) is 1.73. The summed E-state index contributed by atoms with van der Waals surface area (Å²) in [5, 5.41) is 1.05. The van der Waals surface area contributed by atoms with E-state index >= 15 is 0 Å². The second-order valence-corrected chi connectivity index (χ2v) is 6.00. The average molecular weight is 282 g/mol. The van der Waals surface area contributed by atoms with Gasteiger partial charge >= 0.3 is 0 Å². The first-order valence-corrected chi connectivity index (χ1v) is 7.71. The van der Waals surface area contributed by atoms with Crippen LogP contribution in [-0.2, 0) is 9.47 Å². The number of hydrogen-bond donors (Lipinski definition) is 0. The van der Waals surface area contributed by atoms with Crippen molar-refractivity contribution in [2.24, 2.45) is 0 Å². The molecular weight excluding hydrogens is 260 g/mol. The summed E-state index contributed by atoms with van der Waals surface area (Å²) >= 11 is 1.66. The smallest absolute Gasteiger partial charge is 0.103 e. The fourth-order valence-electron chi connectivity index (χ4n) is 2.12. The third-order valence-corrected chi connectivity index (χ3v) is 4.32. The first-order chi connectivity index (χ1) is 9.06. The van der Waals surface area contributed by atoms with Gasteiger partial charge in [-0.25, -0.2) is 4.98 Å². The monoisotopic (exact) mass is 282 g/mol. The van der Waals surface area contributed by atoms with Gasteiger partial charge in [-0.3, -0.25) is 0 Å². The molecular formula is C14H22N2O2S. The van der Waals surface area contributed by atoms with Crippen LogP contribution in [0.4, 0.5) is 5.69 Å². The van der Waals surface area contributed by atoms with Crippen molar-refractivity contribution < 1.29 is 9.47 Å². The molecule has 1 aliphatic heterocycles. The molecule has 0 bridgehead atoms. The summed E-state index contributed by atoms with van der Waals surface area (Å²) in [6.45, 7) is 6.59. The number of rotatable bonds is 4. The zero-order chi connectivity index (χ0) is 13.9. The van der Waals surface area contributed by atoms with Gasteiger partial charge in [-0.05, 0) is 32.2 Å². The van der Waals surface area contributed by atoms with Gasteiger partial charge in [0.25, 0.3) is 0 Å². The Balaban J connectivity index is 2.08. The van der Waals surface area contributed by atoms with Gasteiger partial charge in [0.1, 0.15) is 6.10 Å². The minimum absolute atomic E-state index is 0.0754. The van der Waals surface area contributed by atoms with Gasteiger partial charge in [-0.1, -0.05) is 0 Å². The Labute approximate surface area is 119 Å². The SMILES string of the molecule is COC(C)(C)C1CN(c2ccc(SC)nc2)CCO1. The maximum absolute atomic E-state index is 5.84. The van der Waals surface area contributed by atoms with Crippen LogP contribution in [0.5, 0.6) is 0 Å². The molecule has 1 unspecified atom stereocenters. The fraction of sp³-hybridized carbons (Fsp3) is 0.643. The summed E-state index contributed by atoms with van der Waals surface area (Å²) in [6, 6.07) is 4.19. The Kier molecular flexibility index (Phi) is 4.71. The lowest BCUT2D eigenvalue weighted by atomic mass is 9.99. The van der Waals surface area contributed by atoms with Crippen LogP contribution in [0.2, 0.25) is 0 Å². The topological polar surface area (TPSA) is 34.6 Å². The zero-order valence-corrected chi connectivity index (χ0v) is 12.9. The molecule has 1 saturated heterocycles. The molecule has 0 saturated carbocycles. The highest BCUT2D eigenvalue weighted by Crippen LogP contribution is 2.25. The molecule has 2 rings (SSSR count). The molecule has 0 aromatic carbocycles. The molecule has 1 aromatic heterocycles. The lowest BCUT2D eigenvalue weighted by Gasteiger charge is -2.41. The van der Waals surface area contributed by atoms with Crippen molar-refractivity contribution in [3.63, 3.8) is 0 Å². The summed E-state index contributed by atoms with van der Waals surface area (Å²) in [4.78, 5) is 6.74. The largest absolute Gasteiger partial charge is 0.376 e. The number of ether oxygens (including phenoxy) is 2. The van der Waals surface area contributed by atoms with Crippen LogP contribution in [0.15, 0.2) is 23.4 Å². The average Bonchev–Trinajstić information content (AvgIpc) is 2.47. The van der Waals surface area contributed by atoms with Crippen molar-refractivity contribution >= 4 is 17.4 Å². The standard InChI is InChI=1S/C14H22N2O2S/c1-14(2,17-3)12-10-16(7-8-18-12)11-5-6-13(19-4)15-9-11/h5-6,9,12H,7-8,10H2,1-4H3. The molecule has 0 aliphatic carbocycles. The van der Waals surface area contributed by atoms with Crippen LogP contribution < -0.4 is 4.90 Å². The number of aromatic nitrogens is 1. The highest BCUT2D eigenvalue weighted by molar-refractivity contribution is 7.98. The van der Waals surface area contributed by atoms with Crippen LogP contribution >= 0.6 is 11.8 Å². The van der Waals surface area contributed by atoms with E-state index in [0.29, 0.717) is 0 Å². The van der Waals surface area contributed by atoms with Crippen molar-refractivity contribution in [3.05, 3.63) is 18.3 Å². The van der Waals surface area contributed by atoms with Crippen molar-refractivity contribution in [1.29, 1.82) is 0 Å². The van der Waals surface area contributed by atoms with Crippen LogP contribution in [0.25, 0.3) is 0 Å². The predicted molar refractivity (Wildman–Crippen MR) is 79.1 cm³/mol. The Morgan fingerprint density at radius 3 is 2.84 bits per heavy atom. The number of anilines is 1. The Morgan fingerprint density at radius 1 is 1.47 bits per heavy atom. The number of hydrogen-bond acceptors (Lipinski definition) is 5. The molecule has 1 aromatic rings. The summed E-state index contributed by atoms with van der Waals surface area (Å²) in [5.41, 5.74) is 0.878. The predicted octanol–water partition coefficient (Wildman–Crippen LogP) is 2.43. The second kappa shape index (κ2) is 6.11. The van der Waals surface area contributed by atoms with Crippen LogP contribution in [0, 0.1) is 0 Å². The quantitative estimate of drug-likeness (QED) is 0.792.